The molecule has 0 amide bonds. The van der Waals surface area contributed by atoms with Gasteiger partial charge in [0.1, 0.15) is 11.4 Å². The van der Waals surface area contributed by atoms with E-state index in [4.69, 9.17) is 4.74 Å². The van der Waals surface area contributed by atoms with E-state index < -0.39 is 0 Å². The Bertz CT molecular complexity index is 700. The molecule has 0 radical (unpaired) electrons. The summed E-state index contributed by atoms with van der Waals surface area (Å²) in [6.45, 7) is 2.04. The SMILES string of the molecule is COc1ccc(-c2c(-c3ccccc3)n[nH]c2C)cc1. The first-order valence-corrected chi connectivity index (χ1v) is 6.54. The molecule has 0 spiro atoms. The topological polar surface area (TPSA) is 37.9 Å². The second-order valence-corrected chi connectivity index (χ2v) is 4.67. The van der Waals surface area contributed by atoms with Crippen molar-refractivity contribution < 1.29 is 4.74 Å². The minimum atomic E-state index is 0.858. The number of aryl methyl sites for hydroxylation is 1. The van der Waals surface area contributed by atoms with Gasteiger partial charge in [-0.05, 0) is 24.6 Å². The third-order valence-electron chi connectivity index (χ3n) is 3.37. The molecule has 0 fully saturated rings. The summed E-state index contributed by atoms with van der Waals surface area (Å²) in [6.07, 6.45) is 0. The van der Waals surface area contributed by atoms with Gasteiger partial charge in [0.2, 0.25) is 0 Å². The van der Waals surface area contributed by atoms with Crippen LogP contribution < -0.4 is 4.74 Å². The number of nitrogens with one attached hydrogen (secondary N) is 1. The predicted molar refractivity (Wildman–Crippen MR) is 80.7 cm³/mol. The lowest BCUT2D eigenvalue weighted by molar-refractivity contribution is 0.415. The van der Waals surface area contributed by atoms with Gasteiger partial charge in [-0.2, -0.15) is 5.10 Å². The summed E-state index contributed by atoms with van der Waals surface area (Å²) in [7, 11) is 1.67. The van der Waals surface area contributed by atoms with Crippen LogP contribution >= 0.6 is 0 Å². The van der Waals surface area contributed by atoms with Crippen molar-refractivity contribution in [2.45, 2.75) is 6.92 Å². The van der Waals surface area contributed by atoms with Crippen molar-refractivity contribution in [1.82, 2.24) is 10.2 Å². The number of H-pyrrole nitrogens is 1. The van der Waals surface area contributed by atoms with Crippen LogP contribution in [0, 0.1) is 6.92 Å². The summed E-state index contributed by atoms with van der Waals surface area (Å²) >= 11 is 0. The highest BCUT2D eigenvalue weighted by molar-refractivity contribution is 5.82. The average molecular weight is 264 g/mol. The number of nitrogens with zero attached hydrogens (tertiary/aromatic N) is 1. The van der Waals surface area contributed by atoms with E-state index in [0.29, 0.717) is 0 Å². The quantitative estimate of drug-likeness (QED) is 0.774. The molecule has 0 aliphatic carbocycles. The number of hydrogen-bond acceptors (Lipinski definition) is 2. The summed E-state index contributed by atoms with van der Waals surface area (Å²) in [5.41, 5.74) is 5.43. The highest BCUT2D eigenvalue weighted by atomic mass is 16.5. The molecule has 0 saturated carbocycles. The molecule has 0 saturated heterocycles. The lowest BCUT2D eigenvalue weighted by Crippen LogP contribution is -1.86. The Morgan fingerprint density at radius 2 is 1.60 bits per heavy atom. The molecule has 3 heteroatoms. The Kier molecular flexibility index (Phi) is 3.25. The molecule has 2 aromatic carbocycles. The van der Waals surface area contributed by atoms with Crippen molar-refractivity contribution in [2.24, 2.45) is 0 Å². The van der Waals surface area contributed by atoms with E-state index in [0.717, 1.165) is 33.8 Å². The highest BCUT2D eigenvalue weighted by Crippen LogP contribution is 2.33. The van der Waals surface area contributed by atoms with E-state index in [9.17, 15) is 0 Å². The summed E-state index contributed by atoms with van der Waals surface area (Å²) in [5, 5.41) is 7.53. The fourth-order valence-corrected chi connectivity index (χ4v) is 2.34. The molecule has 1 aromatic heterocycles. The van der Waals surface area contributed by atoms with Crippen molar-refractivity contribution in [3.63, 3.8) is 0 Å². The molecule has 0 aliphatic rings. The molecular weight excluding hydrogens is 248 g/mol. The second kappa shape index (κ2) is 5.21. The summed E-state index contributed by atoms with van der Waals surface area (Å²) < 4.78 is 5.21. The van der Waals surface area contributed by atoms with Crippen LogP contribution in [-0.4, -0.2) is 17.3 Å². The first-order chi connectivity index (χ1) is 9.79. The maximum absolute atomic E-state index is 5.21. The molecule has 0 unspecified atom stereocenters. The number of ether oxygens (including phenoxy) is 1. The number of benzene rings is 2. The molecule has 0 atom stereocenters. The van der Waals surface area contributed by atoms with Gasteiger partial charge in [-0.3, -0.25) is 5.10 Å². The molecule has 3 rings (SSSR count). The molecule has 100 valence electrons. The number of aromatic amines is 1. The van der Waals surface area contributed by atoms with Crippen molar-refractivity contribution in [2.75, 3.05) is 7.11 Å². The van der Waals surface area contributed by atoms with Crippen molar-refractivity contribution in [3.05, 3.63) is 60.3 Å². The molecule has 0 aliphatic heterocycles. The van der Waals surface area contributed by atoms with Gasteiger partial charge in [-0.15, -0.1) is 0 Å². The number of hydrogen-bond donors (Lipinski definition) is 1. The minimum absolute atomic E-state index is 0.858. The van der Waals surface area contributed by atoms with E-state index in [1.165, 1.54) is 0 Å². The van der Waals surface area contributed by atoms with Gasteiger partial charge in [0, 0.05) is 16.8 Å². The lowest BCUT2D eigenvalue weighted by Gasteiger charge is -2.06. The van der Waals surface area contributed by atoms with Crippen molar-refractivity contribution in [3.8, 4) is 28.1 Å². The zero-order valence-corrected chi connectivity index (χ0v) is 11.6. The fraction of sp³-hybridized carbons (Fsp3) is 0.118. The molecule has 3 nitrogen and oxygen atoms in total. The average Bonchev–Trinajstić information content (AvgIpc) is 2.90. The van der Waals surface area contributed by atoms with Gasteiger partial charge >= 0.3 is 0 Å². The fourth-order valence-electron chi connectivity index (χ4n) is 2.34. The smallest absolute Gasteiger partial charge is 0.118 e. The van der Waals surface area contributed by atoms with Crippen molar-refractivity contribution in [1.29, 1.82) is 0 Å². The first kappa shape index (κ1) is 12.5. The van der Waals surface area contributed by atoms with Crippen LogP contribution in [0.25, 0.3) is 22.4 Å². The zero-order valence-electron chi connectivity index (χ0n) is 11.6. The maximum Gasteiger partial charge on any atom is 0.118 e. The van der Waals surface area contributed by atoms with Gasteiger partial charge in [0.05, 0.1) is 7.11 Å². The monoisotopic (exact) mass is 264 g/mol. The molecule has 3 aromatic rings. The van der Waals surface area contributed by atoms with Crippen LogP contribution in [0.4, 0.5) is 0 Å². The van der Waals surface area contributed by atoms with Crippen molar-refractivity contribution >= 4 is 0 Å². The Hall–Kier alpha value is -2.55. The summed E-state index contributed by atoms with van der Waals surface area (Å²) in [6, 6.07) is 18.3. The number of rotatable bonds is 3. The Morgan fingerprint density at radius 1 is 0.900 bits per heavy atom. The van der Waals surface area contributed by atoms with Gasteiger partial charge < -0.3 is 4.74 Å². The molecule has 1 N–H and O–H groups in total. The predicted octanol–water partition coefficient (Wildman–Crippen LogP) is 4.06. The highest BCUT2D eigenvalue weighted by Gasteiger charge is 2.13. The second-order valence-electron chi connectivity index (χ2n) is 4.67. The molecule has 0 bridgehead atoms. The number of aromatic nitrogens is 2. The van der Waals surface area contributed by atoms with Crippen LogP contribution in [0.2, 0.25) is 0 Å². The zero-order chi connectivity index (χ0) is 13.9. The molecular formula is C17H16N2O. The van der Waals surface area contributed by atoms with Crippen LogP contribution in [0.1, 0.15) is 5.69 Å². The van der Waals surface area contributed by atoms with E-state index in [2.05, 4.69) is 34.5 Å². The maximum atomic E-state index is 5.21. The summed E-state index contributed by atoms with van der Waals surface area (Å²) in [4.78, 5) is 0. The van der Waals surface area contributed by atoms with Gasteiger partial charge in [-0.25, -0.2) is 0 Å². The Balaban J connectivity index is 2.11. The summed E-state index contributed by atoms with van der Waals surface area (Å²) in [5.74, 6) is 0.858. The molecule has 1 heterocycles. The Morgan fingerprint density at radius 3 is 2.25 bits per heavy atom. The third-order valence-corrected chi connectivity index (χ3v) is 3.37. The van der Waals surface area contributed by atoms with Crippen LogP contribution in [0.15, 0.2) is 54.6 Å². The van der Waals surface area contributed by atoms with E-state index in [-0.39, 0.29) is 0 Å². The largest absolute Gasteiger partial charge is 0.497 e. The number of methoxy groups -OCH3 is 1. The van der Waals surface area contributed by atoms with E-state index in [1.54, 1.807) is 7.11 Å². The first-order valence-electron chi connectivity index (χ1n) is 6.54. The minimum Gasteiger partial charge on any atom is -0.497 e. The van der Waals surface area contributed by atoms with Crippen LogP contribution in [0.3, 0.4) is 0 Å². The van der Waals surface area contributed by atoms with E-state index in [1.807, 2.05) is 37.3 Å². The van der Waals surface area contributed by atoms with Gasteiger partial charge in [-0.1, -0.05) is 42.5 Å². The van der Waals surface area contributed by atoms with E-state index >= 15 is 0 Å². The van der Waals surface area contributed by atoms with Gasteiger partial charge in [0.25, 0.3) is 0 Å². The molecule has 20 heavy (non-hydrogen) atoms. The van der Waals surface area contributed by atoms with Gasteiger partial charge in [0.15, 0.2) is 0 Å². The Labute approximate surface area is 118 Å². The van der Waals surface area contributed by atoms with Crippen LogP contribution in [0.5, 0.6) is 5.75 Å². The standard InChI is InChI=1S/C17H16N2O/c1-12-16(13-8-10-15(20-2)11-9-13)17(19-18-12)14-6-4-3-5-7-14/h3-11H,1-2H3,(H,18,19). The lowest BCUT2D eigenvalue weighted by atomic mass is 9.99. The third kappa shape index (κ3) is 2.18. The van der Waals surface area contributed by atoms with Crippen LogP contribution in [-0.2, 0) is 0 Å². The normalized spacial score (nSPS) is 10.5.